The van der Waals surface area contributed by atoms with Crippen LogP contribution in [0.1, 0.15) is 56.2 Å². The number of hydrogen-bond donors (Lipinski definition) is 1. The number of allylic oxidation sites excluding steroid dienone is 2. The average molecular weight is 354 g/mol. The van der Waals surface area contributed by atoms with Crippen LogP contribution < -0.4 is 5.32 Å². The lowest BCUT2D eigenvalue weighted by atomic mass is 9.85. The molecule has 5 nitrogen and oxygen atoms in total. The molecule has 25 heavy (non-hydrogen) atoms. The summed E-state index contributed by atoms with van der Waals surface area (Å²) >= 11 is 1.51. The topological polar surface area (TPSA) is 59.8 Å². The number of carbonyl (C=O) groups is 1. The van der Waals surface area contributed by atoms with Crippen LogP contribution in [0.5, 0.6) is 0 Å². The Morgan fingerprint density at radius 2 is 2.00 bits per heavy atom. The number of fused-ring (bicyclic) bond motifs is 1. The molecule has 1 aliphatic heterocycles. The van der Waals surface area contributed by atoms with Crippen molar-refractivity contribution in [2.45, 2.75) is 50.2 Å². The molecule has 1 aromatic carbocycles. The largest absolute Gasteiger partial charge is 0.328 e. The van der Waals surface area contributed by atoms with E-state index in [1.807, 2.05) is 10.9 Å². The highest BCUT2D eigenvalue weighted by Gasteiger charge is 2.36. The highest BCUT2D eigenvalue weighted by atomic mass is 32.2. The molecule has 2 aromatic rings. The maximum absolute atomic E-state index is 12.7. The van der Waals surface area contributed by atoms with Gasteiger partial charge >= 0.3 is 0 Å². The van der Waals surface area contributed by atoms with Crippen LogP contribution in [0.4, 0.5) is 5.95 Å². The number of benzene rings is 1. The summed E-state index contributed by atoms with van der Waals surface area (Å²) in [4.78, 5) is 17.3. The molecule has 0 radical (unpaired) electrons. The fraction of sp³-hybridized carbons (Fsp3) is 0.421. The van der Waals surface area contributed by atoms with Crippen molar-refractivity contribution in [3.63, 3.8) is 0 Å². The standard InChI is InChI=1S/C19H22N4OS/c1-11(2)12-7-9-13(10-8-12)17-16-14(5-4-6-15(16)24)20-18-21-19(25-3)22-23(17)18/h7-11,17H,4-6H2,1-3H3,(H,20,21,22). The van der Waals surface area contributed by atoms with E-state index in [4.69, 9.17) is 0 Å². The zero-order valence-electron chi connectivity index (χ0n) is 14.7. The smallest absolute Gasteiger partial charge is 0.227 e. The van der Waals surface area contributed by atoms with Crippen molar-refractivity contribution in [1.82, 2.24) is 14.8 Å². The summed E-state index contributed by atoms with van der Waals surface area (Å²) in [5.74, 6) is 1.44. The predicted octanol–water partition coefficient (Wildman–Crippen LogP) is 4.15. The molecule has 1 aromatic heterocycles. The van der Waals surface area contributed by atoms with Crippen molar-refractivity contribution < 1.29 is 4.79 Å². The van der Waals surface area contributed by atoms with E-state index in [0.29, 0.717) is 12.3 Å². The van der Waals surface area contributed by atoms with E-state index in [-0.39, 0.29) is 11.8 Å². The highest BCUT2D eigenvalue weighted by Crippen LogP contribution is 2.40. The van der Waals surface area contributed by atoms with E-state index >= 15 is 0 Å². The molecule has 4 rings (SSSR count). The minimum absolute atomic E-state index is 0.186. The molecule has 1 aliphatic carbocycles. The van der Waals surface area contributed by atoms with Crippen LogP contribution in [-0.2, 0) is 4.79 Å². The van der Waals surface area contributed by atoms with Crippen molar-refractivity contribution >= 4 is 23.5 Å². The Balaban J connectivity index is 1.85. The minimum Gasteiger partial charge on any atom is -0.328 e. The molecule has 0 saturated carbocycles. The summed E-state index contributed by atoms with van der Waals surface area (Å²) in [5, 5.41) is 8.70. The number of aromatic nitrogens is 3. The van der Waals surface area contributed by atoms with Crippen LogP contribution in [0.2, 0.25) is 0 Å². The number of hydrogen-bond acceptors (Lipinski definition) is 5. The van der Waals surface area contributed by atoms with Gasteiger partial charge in [0.2, 0.25) is 11.1 Å². The van der Waals surface area contributed by atoms with E-state index in [9.17, 15) is 4.79 Å². The predicted molar refractivity (Wildman–Crippen MR) is 100.0 cm³/mol. The number of nitrogens with zero attached hydrogens (tertiary/aromatic N) is 3. The van der Waals surface area contributed by atoms with Crippen LogP contribution in [0.25, 0.3) is 0 Å². The number of rotatable bonds is 3. The van der Waals surface area contributed by atoms with Gasteiger partial charge in [0.15, 0.2) is 5.78 Å². The van der Waals surface area contributed by atoms with Crippen molar-refractivity contribution in [2.75, 3.05) is 11.6 Å². The SMILES string of the molecule is CSc1nc2n(n1)C(c1ccc(C(C)C)cc1)C1=C(CCCC1=O)N2. The normalized spacial score (nSPS) is 19.7. The number of nitrogens with one attached hydrogen (secondary N) is 1. The molecular formula is C19H22N4OS. The third kappa shape index (κ3) is 2.78. The van der Waals surface area contributed by atoms with Gasteiger partial charge in [-0.2, -0.15) is 4.98 Å². The molecular weight excluding hydrogens is 332 g/mol. The Hall–Kier alpha value is -2.08. The zero-order chi connectivity index (χ0) is 17.6. The number of ketones is 1. The Bertz CT molecular complexity index is 851. The van der Waals surface area contributed by atoms with Gasteiger partial charge in [0, 0.05) is 17.7 Å². The number of Topliss-reactive ketones (excluding diaryl/α,β-unsaturated/α-hetero) is 1. The van der Waals surface area contributed by atoms with Gasteiger partial charge in [-0.05, 0) is 36.1 Å². The van der Waals surface area contributed by atoms with Crippen LogP contribution >= 0.6 is 11.8 Å². The summed E-state index contributed by atoms with van der Waals surface area (Å²) in [7, 11) is 0. The fourth-order valence-corrected chi connectivity index (χ4v) is 3.94. The lowest BCUT2D eigenvalue weighted by Gasteiger charge is -2.32. The first kappa shape index (κ1) is 16.4. The van der Waals surface area contributed by atoms with Gasteiger partial charge in [-0.25, -0.2) is 4.68 Å². The summed E-state index contributed by atoms with van der Waals surface area (Å²) in [6, 6.07) is 8.38. The first-order valence-electron chi connectivity index (χ1n) is 8.72. The molecule has 0 amide bonds. The third-order valence-corrected chi connectivity index (χ3v) is 5.49. The molecule has 2 aliphatic rings. The van der Waals surface area contributed by atoms with E-state index in [0.717, 1.165) is 40.8 Å². The first-order valence-corrected chi connectivity index (χ1v) is 9.94. The van der Waals surface area contributed by atoms with Gasteiger partial charge in [0.1, 0.15) is 6.04 Å². The quantitative estimate of drug-likeness (QED) is 0.839. The third-order valence-electron chi connectivity index (χ3n) is 4.95. The van der Waals surface area contributed by atoms with Crippen LogP contribution in [0.15, 0.2) is 40.7 Å². The lowest BCUT2D eigenvalue weighted by molar-refractivity contribution is -0.116. The first-order chi connectivity index (χ1) is 12.1. The van der Waals surface area contributed by atoms with Gasteiger partial charge in [-0.3, -0.25) is 4.79 Å². The fourth-order valence-electron chi connectivity index (χ4n) is 3.59. The molecule has 0 fully saturated rings. The zero-order valence-corrected chi connectivity index (χ0v) is 15.6. The van der Waals surface area contributed by atoms with E-state index in [2.05, 4.69) is 53.5 Å². The maximum Gasteiger partial charge on any atom is 0.227 e. The lowest BCUT2D eigenvalue weighted by Crippen LogP contribution is -2.31. The number of carbonyl (C=O) groups excluding carboxylic acids is 1. The molecule has 0 spiro atoms. The van der Waals surface area contributed by atoms with Crippen molar-refractivity contribution in [3.05, 3.63) is 46.7 Å². The van der Waals surface area contributed by atoms with Gasteiger partial charge < -0.3 is 5.32 Å². The van der Waals surface area contributed by atoms with Gasteiger partial charge in [-0.1, -0.05) is 49.9 Å². The number of anilines is 1. The second kappa shape index (κ2) is 6.33. The van der Waals surface area contributed by atoms with Crippen molar-refractivity contribution in [3.8, 4) is 0 Å². The van der Waals surface area contributed by atoms with Crippen molar-refractivity contribution in [2.24, 2.45) is 0 Å². The molecule has 2 heterocycles. The molecule has 1 atom stereocenters. The van der Waals surface area contributed by atoms with E-state index < -0.39 is 0 Å². The van der Waals surface area contributed by atoms with Crippen LogP contribution in [0, 0.1) is 0 Å². The summed E-state index contributed by atoms with van der Waals surface area (Å²) in [5.41, 5.74) is 4.26. The minimum atomic E-state index is -0.186. The highest BCUT2D eigenvalue weighted by molar-refractivity contribution is 7.98. The molecule has 0 bridgehead atoms. The number of thioether (sulfide) groups is 1. The molecule has 1 unspecified atom stereocenters. The summed E-state index contributed by atoms with van der Waals surface area (Å²) < 4.78 is 1.87. The van der Waals surface area contributed by atoms with Crippen molar-refractivity contribution in [1.29, 1.82) is 0 Å². The monoisotopic (exact) mass is 354 g/mol. The molecule has 6 heteroatoms. The summed E-state index contributed by atoms with van der Waals surface area (Å²) in [6.07, 6.45) is 4.36. The molecule has 0 saturated heterocycles. The average Bonchev–Trinajstić information content (AvgIpc) is 3.03. The van der Waals surface area contributed by atoms with Crippen LogP contribution in [0.3, 0.4) is 0 Å². The Labute approximate surface area is 151 Å². The maximum atomic E-state index is 12.7. The second-order valence-electron chi connectivity index (χ2n) is 6.88. The van der Waals surface area contributed by atoms with Gasteiger partial charge in [0.25, 0.3) is 0 Å². The Morgan fingerprint density at radius 3 is 2.68 bits per heavy atom. The van der Waals surface area contributed by atoms with E-state index in [1.54, 1.807) is 0 Å². The molecule has 1 N–H and O–H groups in total. The second-order valence-corrected chi connectivity index (χ2v) is 7.66. The van der Waals surface area contributed by atoms with E-state index in [1.165, 1.54) is 17.3 Å². The van der Waals surface area contributed by atoms with Crippen LogP contribution in [-0.4, -0.2) is 26.8 Å². The Morgan fingerprint density at radius 1 is 1.24 bits per heavy atom. The Kier molecular flexibility index (Phi) is 4.15. The summed E-state index contributed by atoms with van der Waals surface area (Å²) in [6.45, 7) is 4.37. The van der Waals surface area contributed by atoms with Gasteiger partial charge in [-0.15, -0.1) is 5.10 Å². The molecule has 130 valence electrons. The van der Waals surface area contributed by atoms with Gasteiger partial charge in [0.05, 0.1) is 0 Å².